The van der Waals surface area contributed by atoms with Gasteiger partial charge in [-0.2, -0.15) is 0 Å². The first-order valence-corrected chi connectivity index (χ1v) is 5.92. The summed E-state index contributed by atoms with van der Waals surface area (Å²) in [5.74, 6) is -1.00. The molecule has 2 N–H and O–H groups in total. The monoisotopic (exact) mass is 221 g/mol. The molecule has 0 aromatic rings. The molecule has 0 aliphatic rings. The molecule has 0 fully saturated rings. The van der Waals surface area contributed by atoms with Crippen molar-refractivity contribution in [2.45, 2.75) is 19.8 Å². The van der Waals surface area contributed by atoms with Gasteiger partial charge in [-0.05, 0) is 19.8 Å². The molecule has 14 heavy (non-hydrogen) atoms. The Bertz CT molecular complexity index is 307. The van der Waals surface area contributed by atoms with Gasteiger partial charge in [0.15, 0.2) is 0 Å². The lowest BCUT2D eigenvalue weighted by Gasteiger charge is -2.03. The van der Waals surface area contributed by atoms with Gasteiger partial charge in [-0.25, -0.2) is 17.9 Å². The molecule has 0 unspecified atom stereocenters. The zero-order valence-electron chi connectivity index (χ0n) is 8.12. The first kappa shape index (κ1) is 13.1. The van der Waals surface area contributed by atoms with E-state index in [1.54, 1.807) is 6.92 Å². The maximum absolute atomic E-state index is 10.9. The van der Waals surface area contributed by atoms with E-state index in [0.29, 0.717) is 12.8 Å². The summed E-state index contributed by atoms with van der Waals surface area (Å²) in [6, 6.07) is 0. The molecule has 0 amide bonds. The van der Waals surface area contributed by atoms with Crippen LogP contribution >= 0.6 is 0 Å². The van der Waals surface area contributed by atoms with Gasteiger partial charge in [0, 0.05) is 12.1 Å². The minimum Gasteiger partial charge on any atom is -0.478 e. The zero-order valence-corrected chi connectivity index (χ0v) is 8.93. The van der Waals surface area contributed by atoms with E-state index in [1.807, 2.05) is 0 Å². The molecule has 0 rings (SSSR count). The van der Waals surface area contributed by atoms with E-state index in [1.165, 1.54) is 0 Å². The van der Waals surface area contributed by atoms with Crippen molar-refractivity contribution in [2.24, 2.45) is 0 Å². The molecule has 0 radical (unpaired) electrons. The molecule has 0 atom stereocenters. The number of hydrogen-bond donors (Lipinski definition) is 2. The fourth-order valence-electron chi connectivity index (χ4n) is 0.738. The van der Waals surface area contributed by atoms with Gasteiger partial charge in [-0.1, -0.05) is 6.58 Å². The zero-order chi connectivity index (χ0) is 11.2. The maximum atomic E-state index is 10.9. The summed E-state index contributed by atoms with van der Waals surface area (Å²) in [5, 5.41) is 8.45. The minimum atomic E-state index is -3.16. The Kier molecular flexibility index (Phi) is 5.40. The number of rotatable bonds is 7. The number of carbonyl (C=O) groups is 1. The Morgan fingerprint density at radius 3 is 2.50 bits per heavy atom. The Hall–Kier alpha value is -0.880. The normalized spacial score (nSPS) is 11.2. The number of carboxylic acids is 1. The second-order valence-corrected chi connectivity index (χ2v) is 4.91. The molecule has 82 valence electrons. The Balaban J connectivity index is 3.68. The number of sulfonamides is 1. The van der Waals surface area contributed by atoms with Crippen molar-refractivity contribution in [3.8, 4) is 0 Å². The van der Waals surface area contributed by atoms with Crippen LogP contribution in [0.5, 0.6) is 0 Å². The second-order valence-electron chi connectivity index (χ2n) is 2.81. The molecule has 0 bridgehead atoms. The molecule has 0 heterocycles. The third-order valence-electron chi connectivity index (χ3n) is 1.66. The largest absolute Gasteiger partial charge is 0.478 e. The predicted octanol–water partition coefficient (Wildman–Crippen LogP) is 0.347. The van der Waals surface area contributed by atoms with Crippen LogP contribution in [0.1, 0.15) is 19.8 Å². The molecular weight excluding hydrogens is 206 g/mol. The van der Waals surface area contributed by atoms with E-state index < -0.39 is 16.0 Å². The molecule has 0 spiro atoms. The van der Waals surface area contributed by atoms with E-state index >= 15 is 0 Å². The van der Waals surface area contributed by atoms with Crippen molar-refractivity contribution in [2.75, 3.05) is 12.3 Å². The van der Waals surface area contributed by atoms with Gasteiger partial charge in [0.05, 0.1) is 5.75 Å². The van der Waals surface area contributed by atoms with Crippen LogP contribution in [0.15, 0.2) is 12.2 Å². The van der Waals surface area contributed by atoms with Crippen molar-refractivity contribution in [1.29, 1.82) is 0 Å². The molecule has 0 aliphatic heterocycles. The lowest BCUT2D eigenvalue weighted by Crippen LogP contribution is -2.26. The predicted molar refractivity (Wildman–Crippen MR) is 53.5 cm³/mol. The Morgan fingerprint density at radius 2 is 2.07 bits per heavy atom. The highest BCUT2D eigenvalue weighted by Gasteiger charge is 2.06. The number of hydrogen-bond acceptors (Lipinski definition) is 3. The van der Waals surface area contributed by atoms with Gasteiger partial charge in [0.2, 0.25) is 10.0 Å². The van der Waals surface area contributed by atoms with Gasteiger partial charge >= 0.3 is 5.97 Å². The van der Waals surface area contributed by atoms with Crippen molar-refractivity contribution in [1.82, 2.24) is 4.72 Å². The highest BCUT2D eigenvalue weighted by molar-refractivity contribution is 7.89. The van der Waals surface area contributed by atoms with Crippen LogP contribution in [0.2, 0.25) is 0 Å². The van der Waals surface area contributed by atoms with Crippen molar-refractivity contribution in [3.05, 3.63) is 12.2 Å². The first-order valence-electron chi connectivity index (χ1n) is 4.27. The highest BCUT2D eigenvalue weighted by atomic mass is 32.2. The molecule has 0 aromatic carbocycles. The highest BCUT2D eigenvalue weighted by Crippen LogP contribution is 2.01. The summed E-state index contributed by atoms with van der Waals surface area (Å²) >= 11 is 0. The summed E-state index contributed by atoms with van der Waals surface area (Å²) in [6.45, 7) is 5.12. The van der Waals surface area contributed by atoms with Gasteiger partial charge in [0.1, 0.15) is 0 Å². The molecular formula is C8H15NO4S. The number of nitrogens with one attached hydrogen (secondary N) is 1. The smallest absolute Gasteiger partial charge is 0.330 e. The average Bonchev–Trinajstić information content (AvgIpc) is 2.12. The third-order valence-corrected chi connectivity index (χ3v) is 3.06. The third kappa shape index (κ3) is 5.71. The fraction of sp³-hybridized carbons (Fsp3) is 0.625. The van der Waals surface area contributed by atoms with Crippen LogP contribution in [0.3, 0.4) is 0 Å². The quantitative estimate of drug-likeness (QED) is 0.480. The van der Waals surface area contributed by atoms with Crippen LogP contribution in [0, 0.1) is 0 Å². The van der Waals surface area contributed by atoms with Crippen LogP contribution in [0.25, 0.3) is 0 Å². The first-order chi connectivity index (χ1) is 6.39. The van der Waals surface area contributed by atoms with Crippen LogP contribution in [-0.2, 0) is 14.8 Å². The second kappa shape index (κ2) is 5.77. The minimum absolute atomic E-state index is 0.0346. The fourth-order valence-corrected chi connectivity index (χ4v) is 1.40. The summed E-state index contributed by atoms with van der Waals surface area (Å²) in [7, 11) is -3.16. The number of aliphatic carboxylic acids is 1. The van der Waals surface area contributed by atoms with Crippen molar-refractivity contribution >= 4 is 16.0 Å². The summed E-state index contributed by atoms with van der Waals surface area (Å²) in [5.41, 5.74) is 0.0979. The van der Waals surface area contributed by atoms with E-state index in [4.69, 9.17) is 5.11 Å². The maximum Gasteiger partial charge on any atom is 0.330 e. The van der Waals surface area contributed by atoms with Crippen LogP contribution < -0.4 is 4.72 Å². The lowest BCUT2D eigenvalue weighted by molar-refractivity contribution is -0.132. The summed E-state index contributed by atoms with van der Waals surface area (Å²) in [4.78, 5) is 10.3. The van der Waals surface area contributed by atoms with E-state index in [0.717, 1.165) is 0 Å². The molecule has 5 nitrogen and oxygen atoms in total. The molecule has 0 aromatic heterocycles. The SMILES string of the molecule is C=C(CCCNS(=O)(=O)CC)C(=O)O. The van der Waals surface area contributed by atoms with Crippen molar-refractivity contribution in [3.63, 3.8) is 0 Å². The average molecular weight is 221 g/mol. The lowest BCUT2D eigenvalue weighted by atomic mass is 10.2. The van der Waals surface area contributed by atoms with Gasteiger partial charge < -0.3 is 5.11 Å². The summed E-state index contributed by atoms with van der Waals surface area (Å²) < 4.78 is 24.2. The Labute approximate surface area is 83.9 Å². The van der Waals surface area contributed by atoms with Gasteiger partial charge in [-0.15, -0.1) is 0 Å². The number of carboxylic acid groups (broad SMARTS) is 1. The molecule has 0 saturated carbocycles. The molecule has 0 aliphatic carbocycles. The molecule has 0 saturated heterocycles. The summed E-state index contributed by atoms with van der Waals surface area (Å²) in [6.07, 6.45) is 0.742. The topological polar surface area (TPSA) is 83.5 Å². The Morgan fingerprint density at radius 1 is 1.50 bits per heavy atom. The van der Waals surface area contributed by atoms with Crippen LogP contribution in [0.4, 0.5) is 0 Å². The molecule has 6 heteroatoms. The van der Waals surface area contributed by atoms with E-state index in [9.17, 15) is 13.2 Å². The van der Waals surface area contributed by atoms with Crippen molar-refractivity contribution < 1.29 is 18.3 Å². The van der Waals surface area contributed by atoms with E-state index in [2.05, 4.69) is 11.3 Å². The standard InChI is InChI=1S/C8H15NO4S/c1-3-14(12,13)9-6-4-5-7(2)8(10)11/h9H,2-6H2,1H3,(H,10,11). The van der Waals surface area contributed by atoms with Crippen LogP contribution in [-0.4, -0.2) is 31.8 Å². The van der Waals surface area contributed by atoms with E-state index in [-0.39, 0.29) is 17.9 Å². The van der Waals surface area contributed by atoms with Gasteiger partial charge in [-0.3, -0.25) is 0 Å². The van der Waals surface area contributed by atoms with Gasteiger partial charge in [0.25, 0.3) is 0 Å².